The molecule has 0 aliphatic carbocycles. The monoisotopic (exact) mass is 506 g/mol. The van der Waals surface area contributed by atoms with Crippen molar-refractivity contribution in [2.45, 2.75) is 45.4 Å². The number of halogens is 3. The lowest BCUT2D eigenvalue weighted by Crippen LogP contribution is -2.48. The van der Waals surface area contributed by atoms with Crippen molar-refractivity contribution in [3.63, 3.8) is 0 Å². The van der Waals surface area contributed by atoms with Crippen LogP contribution in [0.15, 0.2) is 48.8 Å². The average Bonchev–Trinajstić information content (AvgIpc) is 2.81. The van der Waals surface area contributed by atoms with Crippen LogP contribution in [-0.2, 0) is 15.7 Å². The van der Waals surface area contributed by atoms with Crippen molar-refractivity contribution in [2.24, 2.45) is 5.92 Å². The summed E-state index contributed by atoms with van der Waals surface area (Å²) in [6, 6.07) is 8.58. The molecule has 7 nitrogen and oxygen atoms in total. The maximum absolute atomic E-state index is 13.7. The number of benzene rings is 1. The van der Waals surface area contributed by atoms with Gasteiger partial charge in [0.2, 0.25) is 5.91 Å². The molecule has 1 aromatic heterocycles. The molecular formula is C26H33F3N4O3. The lowest BCUT2D eigenvalue weighted by atomic mass is 9.96. The Morgan fingerprint density at radius 2 is 1.67 bits per heavy atom. The molecular weight excluding hydrogens is 473 g/mol. The molecule has 10 heteroatoms. The number of hydrogen-bond acceptors (Lipinski definition) is 5. The Morgan fingerprint density at radius 1 is 1.06 bits per heavy atom. The second-order valence-electron chi connectivity index (χ2n) is 9.99. The Kier molecular flexibility index (Phi) is 8.47. The number of carbonyl (C=O) groups is 2. The van der Waals surface area contributed by atoms with Crippen LogP contribution in [0.25, 0.3) is 0 Å². The highest BCUT2D eigenvalue weighted by Crippen LogP contribution is 2.37. The first-order valence-electron chi connectivity index (χ1n) is 11.9. The number of pyridine rings is 1. The van der Waals surface area contributed by atoms with E-state index in [9.17, 15) is 22.8 Å². The van der Waals surface area contributed by atoms with Crippen molar-refractivity contribution in [1.29, 1.82) is 0 Å². The van der Waals surface area contributed by atoms with Crippen LogP contribution in [0, 0.1) is 5.92 Å². The van der Waals surface area contributed by atoms with Gasteiger partial charge in [0.1, 0.15) is 12.1 Å². The lowest BCUT2D eigenvalue weighted by molar-refractivity contribution is -0.137. The largest absolute Gasteiger partial charge is 0.443 e. The van der Waals surface area contributed by atoms with Gasteiger partial charge in [-0.1, -0.05) is 12.1 Å². The van der Waals surface area contributed by atoms with Crippen molar-refractivity contribution in [3.05, 3.63) is 54.4 Å². The molecule has 1 saturated heterocycles. The van der Waals surface area contributed by atoms with Gasteiger partial charge in [-0.25, -0.2) is 4.79 Å². The Hall–Kier alpha value is -3.30. The Balaban J connectivity index is 1.70. The molecule has 3 rings (SSSR count). The Bertz CT molecular complexity index is 1030. The van der Waals surface area contributed by atoms with E-state index in [4.69, 9.17) is 4.74 Å². The number of hydrogen-bond donors (Lipinski definition) is 0. The zero-order valence-electron chi connectivity index (χ0n) is 21.1. The van der Waals surface area contributed by atoms with E-state index in [1.165, 1.54) is 18.2 Å². The Labute approximate surface area is 209 Å². The Morgan fingerprint density at radius 3 is 2.25 bits per heavy atom. The third-order valence-corrected chi connectivity index (χ3v) is 6.01. The summed E-state index contributed by atoms with van der Waals surface area (Å²) >= 11 is 0. The van der Waals surface area contributed by atoms with Gasteiger partial charge in [0.15, 0.2) is 0 Å². The minimum absolute atomic E-state index is 0.361. The predicted octanol–water partition coefficient (Wildman–Crippen LogP) is 5.22. The van der Waals surface area contributed by atoms with Crippen LogP contribution in [0.2, 0.25) is 0 Å². The molecule has 0 unspecified atom stereocenters. The van der Waals surface area contributed by atoms with Gasteiger partial charge in [-0.15, -0.1) is 0 Å². The number of anilines is 2. The van der Waals surface area contributed by atoms with Crippen molar-refractivity contribution in [2.75, 3.05) is 43.0 Å². The van der Waals surface area contributed by atoms with Gasteiger partial charge in [-0.2, -0.15) is 13.2 Å². The number of rotatable bonds is 6. The number of aromatic nitrogens is 1. The molecule has 0 saturated carbocycles. The second kappa shape index (κ2) is 11.2. The number of piperidine rings is 1. The van der Waals surface area contributed by atoms with Crippen LogP contribution in [0.3, 0.4) is 0 Å². The topological polar surface area (TPSA) is 66.0 Å². The number of carbonyl (C=O) groups excluding carboxylic acids is 2. The summed E-state index contributed by atoms with van der Waals surface area (Å²) in [5.41, 5.74) is -1.28. The van der Waals surface area contributed by atoms with Crippen molar-refractivity contribution < 1.29 is 27.5 Å². The summed E-state index contributed by atoms with van der Waals surface area (Å²) in [4.78, 5) is 34.6. The molecule has 2 amide bonds. The fourth-order valence-electron chi connectivity index (χ4n) is 4.21. The van der Waals surface area contributed by atoms with Gasteiger partial charge in [0.05, 0.1) is 11.3 Å². The highest BCUT2D eigenvalue weighted by Gasteiger charge is 2.38. The van der Waals surface area contributed by atoms with Crippen LogP contribution in [0.1, 0.15) is 39.2 Å². The third-order valence-electron chi connectivity index (χ3n) is 6.01. The van der Waals surface area contributed by atoms with Crippen molar-refractivity contribution in [1.82, 2.24) is 9.88 Å². The smallest absolute Gasteiger partial charge is 0.418 e. The first-order valence-corrected chi connectivity index (χ1v) is 11.9. The molecule has 1 fully saturated rings. The van der Waals surface area contributed by atoms with E-state index < -0.39 is 41.6 Å². The SMILES string of the molecule is CN(CC1CCN(C(=O)CN(C(=O)OC(C)(C)C)c2ccccc2C(F)(F)F)CC1)c1ccncc1. The van der Waals surface area contributed by atoms with Crippen molar-refractivity contribution >= 4 is 23.4 Å². The molecule has 196 valence electrons. The van der Waals surface area contributed by atoms with Gasteiger partial charge in [0, 0.05) is 44.8 Å². The normalized spacial score (nSPS) is 14.9. The molecule has 0 N–H and O–H groups in total. The number of para-hydroxylation sites is 1. The third kappa shape index (κ3) is 7.35. The molecule has 2 aromatic rings. The highest BCUT2D eigenvalue weighted by atomic mass is 19.4. The molecule has 36 heavy (non-hydrogen) atoms. The van der Waals surface area contributed by atoms with E-state index in [1.807, 2.05) is 19.2 Å². The molecule has 1 aliphatic rings. The predicted molar refractivity (Wildman–Crippen MR) is 132 cm³/mol. The van der Waals surface area contributed by atoms with E-state index in [2.05, 4.69) is 9.88 Å². The number of likely N-dealkylation sites (tertiary alicyclic amines) is 1. The minimum Gasteiger partial charge on any atom is -0.443 e. The van der Waals surface area contributed by atoms with Gasteiger partial charge in [-0.3, -0.25) is 14.7 Å². The molecule has 0 radical (unpaired) electrons. The van der Waals surface area contributed by atoms with Crippen LogP contribution >= 0.6 is 0 Å². The van der Waals surface area contributed by atoms with Crippen LogP contribution in [0.5, 0.6) is 0 Å². The summed E-state index contributed by atoms with van der Waals surface area (Å²) < 4.78 is 46.4. The summed E-state index contributed by atoms with van der Waals surface area (Å²) in [6.07, 6.45) is -0.708. The summed E-state index contributed by atoms with van der Waals surface area (Å²) in [7, 11) is 2.00. The zero-order chi connectivity index (χ0) is 26.5. The first-order chi connectivity index (χ1) is 16.8. The molecule has 1 aliphatic heterocycles. The second-order valence-corrected chi connectivity index (χ2v) is 9.99. The van der Waals surface area contributed by atoms with Crippen LogP contribution < -0.4 is 9.80 Å². The number of amides is 2. The highest BCUT2D eigenvalue weighted by molar-refractivity contribution is 5.96. The van der Waals surface area contributed by atoms with Crippen LogP contribution in [-0.4, -0.2) is 60.7 Å². The lowest BCUT2D eigenvalue weighted by Gasteiger charge is -2.36. The average molecular weight is 507 g/mol. The fraction of sp³-hybridized carbons (Fsp3) is 0.500. The van der Waals surface area contributed by atoms with Gasteiger partial charge in [0.25, 0.3) is 0 Å². The number of ether oxygens (including phenoxy) is 1. The zero-order valence-corrected chi connectivity index (χ0v) is 21.1. The summed E-state index contributed by atoms with van der Waals surface area (Å²) in [6.45, 7) is 6.07. The van der Waals surface area contributed by atoms with E-state index in [1.54, 1.807) is 38.1 Å². The van der Waals surface area contributed by atoms with E-state index in [-0.39, 0.29) is 0 Å². The molecule has 0 bridgehead atoms. The van der Waals surface area contributed by atoms with Gasteiger partial charge >= 0.3 is 12.3 Å². The van der Waals surface area contributed by atoms with E-state index >= 15 is 0 Å². The van der Waals surface area contributed by atoms with E-state index in [0.717, 1.165) is 36.0 Å². The minimum atomic E-state index is -4.70. The quantitative estimate of drug-likeness (QED) is 0.538. The fourth-order valence-corrected chi connectivity index (χ4v) is 4.21. The van der Waals surface area contributed by atoms with Gasteiger partial charge < -0.3 is 14.5 Å². The molecule has 0 atom stereocenters. The first kappa shape index (κ1) is 27.3. The maximum Gasteiger partial charge on any atom is 0.418 e. The summed E-state index contributed by atoms with van der Waals surface area (Å²) in [5.74, 6) is -0.0566. The van der Waals surface area contributed by atoms with Gasteiger partial charge in [-0.05, 0) is 63.8 Å². The number of alkyl halides is 3. The molecule has 2 heterocycles. The molecule has 0 spiro atoms. The maximum atomic E-state index is 13.7. The van der Waals surface area contributed by atoms with Crippen LogP contribution in [0.4, 0.5) is 29.3 Å². The van der Waals surface area contributed by atoms with E-state index in [0.29, 0.717) is 19.0 Å². The summed E-state index contributed by atoms with van der Waals surface area (Å²) in [5, 5.41) is 0. The standard InChI is InChI=1S/C26H33F3N4O3/c1-25(2,3)36-24(35)33(22-8-6-5-7-21(22)26(27,28)29)18-23(34)32-15-11-19(12-16-32)17-31(4)20-9-13-30-14-10-20/h5-10,13-14,19H,11-12,15-18H2,1-4H3. The molecule has 1 aromatic carbocycles. The van der Waals surface area contributed by atoms with Crippen molar-refractivity contribution in [3.8, 4) is 0 Å². The number of nitrogens with zero attached hydrogens (tertiary/aromatic N) is 4.